The molecule has 60 heavy (non-hydrogen) atoms. The average molecular weight is 918 g/mol. The normalized spacial score (nSPS) is 18.8. The van der Waals surface area contributed by atoms with Gasteiger partial charge in [0.05, 0.1) is 46.2 Å². The van der Waals surface area contributed by atoms with Crippen molar-refractivity contribution in [3.8, 4) is 0 Å². The van der Waals surface area contributed by atoms with Gasteiger partial charge < -0.3 is 14.7 Å². The number of para-hydroxylation sites is 1. The van der Waals surface area contributed by atoms with Crippen LogP contribution in [0.2, 0.25) is 0 Å². The second-order valence-electron chi connectivity index (χ2n) is 15.1. The van der Waals surface area contributed by atoms with E-state index < -0.39 is 92.9 Å². The lowest BCUT2D eigenvalue weighted by Crippen LogP contribution is -2.32. The molecule has 0 aromatic heterocycles. The van der Waals surface area contributed by atoms with Gasteiger partial charge in [-0.1, -0.05) is 50.3 Å². The predicted octanol–water partition coefficient (Wildman–Crippen LogP) is 4.19. The summed E-state index contributed by atoms with van der Waals surface area (Å²) in [7, 11) is -17.3. The molecule has 2 heterocycles. The van der Waals surface area contributed by atoms with Gasteiger partial charge in [-0.05, 0) is 50.8 Å². The first kappa shape index (κ1) is 48.4. The molecule has 330 valence electrons. The maximum absolute atomic E-state index is 13.5. The summed E-state index contributed by atoms with van der Waals surface area (Å²) in [6.45, 7) is 5.10. The number of allylic oxidation sites excluding steroid dienone is 6. The Morgan fingerprint density at radius 1 is 0.767 bits per heavy atom. The van der Waals surface area contributed by atoms with Crippen LogP contribution in [0.4, 0.5) is 11.4 Å². The van der Waals surface area contributed by atoms with E-state index in [1.165, 1.54) is 6.07 Å². The Balaban J connectivity index is 1.78. The van der Waals surface area contributed by atoms with Crippen LogP contribution in [-0.2, 0) is 56.0 Å². The Kier molecular flexibility index (Phi) is 15.1. The van der Waals surface area contributed by atoms with Gasteiger partial charge in [-0.2, -0.15) is 38.2 Å². The monoisotopic (exact) mass is 917 g/mol. The molecule has 2 aromatic carbocycles. The largest absolute Gasteiger partial charge is 0.478 e. The van der Waals surface area contributed by atoms with Gasteiger partial charge in [0.1, 0.15) is 6.54 Å². The van der Waals surface area contributed by atoms with Crippen molar-refractivity contribution in [1.29, 1.82) is 0 Å². The van der Waals surface area contributed by atoms with E-state index in [0.717, 1.165) is 17.3 Å². The van der Waals surface area contributed by atoms with Crippen molar-refractivity contribution in [2.75, 3.05) is 47.6 Å². The molecule has 1 unspecified atom stereocenters. The van der Waals surface area contributed by atoms with Crippen LogP contribution < -0.4 is 4.90 Å². The van der Waals surface area contributed by atoms with Gasteiger partial charge in [0.25, 0.3) is 40.5 Å². The lowest BCUT2D eigenvalue weighted by molar-refractivity contribution is -0.437. The first-order chi connectivity index (χ1) is 27.6. The molecule has 0 amide bonds. The second kappa shape index (κ2) is 18.8. The third-order valence-electron chi connectivity index (χ3n) is 10.2. The molecule has 0 aliphatic carbocycles. The van der Waals surface area contributed by atoms with Crippen molar-refractivity contribution in [1.82, 2.24) is 0 Å². The molecular weight excluding hydrogens is 869 g/mol. The van der Waals surface area contributed by atoms with Gasteiger partial charge in [0.2, 0.25) is 5.69 Å². The fourth-order valence-corrected chi connectivity index (χ4v) is 9.67. The number of carboxylic acids is 1. The molecule has 5 N–H and O–H groups in total. The highest BCUT2D eigenvalue weighted by molar-refractivity contribution is 7.86. The van der Waals surface area contributed by atoms with Crippen LogP contribution in [0.5, 0.6) is 0 Å². The van der Waals surface area contributed by atoms with Crippen molar-refractivity contribution >= 4 is 69.5 Å². The first-order valence-corrected chi connectivity index (χ1v) is 25.1. The summed E-state index contributed by atoms with van der Waals surface area (Å²) in [5.74, 6) is -4.66. The summed E-state index contributed by atoms with van der Waals surface area (Å²) in [6.07, 6.45) is 8.50. The molecule has 22 heteroatoms. The summed E-state index contributed by atoms with van der Waals surface area (Å²) in [5.41, 5.74) is 0.989. The standard InChI is InChI=1S/C38H48N2O16S4/c1-37(2)32(40(19-11-23-59(50,51)52)31-26-27(35(41)42)25-28(34(31)37)36(43)56-20-12-24-60(53,54)55)15-5-4-6-16-33-38(3,17-9-21-57(44,45)46)29-13-7-8-14-30(29)39(33)18-10-22-58(47,48)49/h4-8,13-16,25-26H,9-12,17-24H2,1-3H3,(H4-,41,42,44,45,46,47,48,49,50,51,52,53,54,55)/p+1. The molecule has 4 rings (SSSR count). The summed E-state index contributed by atoms with van der Waals surface area (Å²) < 4.78 is 137. The number of benzene rings is 2. The fraction of sp³-hybridized carbons (Fsp3) is 0.447. The Labute approximate surface area is 350 Å². The first-order valence-electron chi connectivity index (χ1n) is 18.6. The molecule has 0 saturated carbocycles. The van der Waals surface area contributed by atoms with Crippen LogP contribution in [0.3, 0.4) is 0 Å². The molecule has 0 saturated heterocycles. The summed E-state index contributed by atoms with van der Waals surface area (Å²) in [6, 6.07) is 9.75. The van der Waals surface area contributed by atoms with Gasteiger partial charge >= 0.3 is 11.9 Å². The minimum atomic E-state index is -4.39. The highest BCUT2D eigenvalue weighted by atomic mass is 32.2. The van der Waals surface area contributed by atoms with Crippen molar-refractivity contribution < 1.29 is 75.9 Å². The van der Waals surface area contributed by atoms with E-state index in [0.29, 0.717) is 17.0 Å². The number of rotatable bonds is 21. The Hall–Kier alpha value is -4.29. The number of carbonyl (C=O) groups is 2. The van der Waals surface area contributed by atoms with Crippen LogP contribution in [-0.4, -0.2) is 122 Å². The molecule has 2 aliphatic rings. The third-order valence-corrected chi connectivity index (χ3v) is 13.5. The zero-order chi connectivity index (χ0) is 44.9. The number of fused-ring (bicyclic) bond motifs is 2. The number of aromatic carboxylic acids is 1. The SMILES string of the molecule is CC1(CCCS(=O)(=O)O)C(/C=C/C=C/C=C2/N(CCCS(=O)(=O)O)c3cc(C(=O)O)cc(C(=O)OCCCS(=O)(=O)O)c3C2(C)C)=[N+](CCCS(=O)(=O)O)c2ccccc21. The molecular formula is C38H49N2O16S4+. The summed E-state index contributed by atoms with van der Waals surface area (Å²) in [5, 5.41) is 9.97. The number of carbonyl (C=O) groups excluding carboxylic acids is 1. The van der Waals surface area contributed by atoms with Crippen molar-refractivity contribution in [2.24, 2.45) is 0 Å². The smallest absolute Gasteiger partial charge is 0.338 e. The van der Waals surface area contributed by atoms with Crippen molar-refractivity contribution in [3.63, 3.8) is 0 Å². The molecule has 0 bridgehead atoms. The summed E-state index contributed by atoms with van der Waals surface area (Å²) >= 11 is 0. The van der Waals surface area contributed by atoms with E-state index >= 15 is 0 Å². The average Bonchev–Trinajstić information content (AvgIpc) is 3.47. The fourth-order valence-electron chi connectivity index (χ4n) is 7.69. The minimum Gasteiger partial charge on any atom is -0.478 e. The van der Waals surface area contributed by atoms with Crippen molar-refractivity contribution in [3.05, 3.63) is 94.7 Å². The predicted molar refractivity (Wildman–Crippen MR) is 223 cm³/mol. The third kappa shape index (κ3) is 12.6. The van der Waals surface area contributed by atoms with E-state index in [1.807, 2.05) is 29.7 Å². The summed E-state index contributed by atoms with van der Waals surface area (Å²) in [4.78, 5) is 27.3. The van der Waals surface area contributed by atoms with Crippen LogP contribution in [0, 0.1) is 0 Å². The van der Waals surface area contributed by atoms with Gasteiger partial charge in [-0.15, -0.1) is 0 Å². The number of esters is 1. The zero-order valence-electron chi connectivity index (χ0n) is 33.1. The van der Waals surface area contributed by atoms with Gasteiger partial charge in [-0.3, -0.25) is 18.2 Å². The van der Waals surface area contributed by atoms with E-state index in [2.05, 4.69) is 0 Å². The van der Waals surface area contributed by atoms with Crippen LogP contribution in [0.25, 0.3) is 0 Å². The van der Waals surface area contributed by atoms with Gasteiger partial charge in [0.15, 0.2) is 5.71 Å². The Morgan fingerprint density at radius 3 is 1.97 bits per heavy atom. The molecule has 2 aromatic rings. The molecule has 2 aliphatic heterocycles. The number of carboxylic acid groups (broad SMARTS) is 1. The molecule has 0 spiro atoms. The topological polar surface area (TPSA) is 287 Å². The van der Waals surface area contributed by atoms with Crippen LogP contribution in [0.15, 0.2) is 72.5 Å². The lowest BCUT2D eigenvalue weighted by atomic mass is 9.76. The molecule has 1 atom stereocenters. The van der Waals surface area contributed by atoms with E-state index in [1.54, 1.807) is 55.2 Å². The molecule has 0 fully saturated rings. The zero-order valence-corrected chi connectivity index (χ0v) is 36.4. The maximum Gasteiger partial charge on any atom is 0.338 e. The number of hydrogen-bond acceptors (Lipinski definition) is 12. The Morgan fingerprint density at radius 2 is 1.35 bits per heavy atom. The quantitative estimate of drug-likeness (QED) is 0.0386. The van der Waals surface area contributed by atoms with Gasteiger partial charge in [-0.25, -0.2) is 9.59 Å². The van der Waals surface area contributed by atoms with Gasteiger partial charge in [0, 0.05) is 53.0 Å². The minimum absolute atomic E-state index is 0.0473. The highest BCUT2D eigenvalue weighted by Crippen LogP contribution is 2.50. The number of ether oxygens (including phenoxy) is 1. The van der Waals surface area contributed by atoms with Crippen molar-refractivity contribution in [2.45, 2.75) is 63.7 Å². The number of anilines is 1. The van der Waals surface area contributed by atoms with E-state index in [-0.39, 0.29) is 62.0 Å². The number of nitrogens with zero attached hydrogens (tertiary/aromatic N) is 2. The molecule has 0 radical (unpaired) electrons. The number of hydrogen-bond donors (Lipinski definition) is 5. The second-order valence-corrected chi connectivity index (χ2v) is 21.4. The molecule has 18 nitrogen and oxygen atoms in total. The Bertz CT molecular complexity index is 2580. The van der Waals surface area contributed by atoms with E-state index in [4.69, 9.17) is 9.29 Å². The van der Waals surface area contributed by atoms with Crippen LogP contribution >= 0.6 is 0 Å². The van der Waals surface area contributed by atoms with E-state index in [9.17, 15) is 62.0 Å². The maximum atomic E-state index is 13.5. The van der Waals surface area contributed by atoms with Crippen LogP contribution in [0.1, 0.15) is 84.7 Å². The lowest BCUT2D eigenvalue weighted by Gasteiger charge is -2.27. The highest BCUT2D eigenvalue weighted by Gasteiger charge is 2.47.